The molecule has 21 heavy (non-hydrogen) atoms. The summed E-state index contributed by atoms with van der Waals surface area (Å²) in [5.41, 5.74) is 0.817. The molecule has 0 bridgehead atoms. The first kappa shape index (κ1) is 14.7. The first-order chi connectivity index (χ1) is 10.2. The van der Waals surface area contributed by atoms with E-state index in [0.29, 0.717) is 17.5 Å². The summed E-state index contributed by atoms with van der Waals surface area (Å²) in [7, 11) is 0. The van der Waals surface area contributed by atoms with E-state index in [4.69, 9.17) is 4.42 Å². The summed E-state index contributed by atoms with van der Waals surface area (Å²) in [4.78, 5) is 1.23. The predicted octanol–water partition coefficient (Wildman–Crippen LogP) is 4.92. The molecule has 3 aromatic rings. The van der Waals surface area contributed by atoms with Gasteiger partial charge >= 0.3 is 0 Å². The Morgan fingerprint density at radius 3 is 2.90 bits per heavy atom. The van der Waals surface area contributed by atoms with Crippen LogP contribution in [0.1, 0.15) is 16.3 Å². The molecule has 0 aliphatic heterocycles. The molecule has 0 spiro atoms. The van der Waals surface area contributed by atoms with E-state index in [9.17, 15) is 4.39 Å². The summed E-state index contributed by atoms with van der Waals surface area (Å²) in [6.45, 7) is 0. The Kier molecular flexibility index (Phi) is 4.72. The van der Waals surface area contributed by atoms with Crippen molar-refractivity contribution in [3.8, 4) is 0 Å². The van der Waals surface area contributed by atoms with E-state index in [1.807, 2.05) is 12.1 Å². The van der Waals surface area contributed by atoms with Crippen molar-refractivity contribution in [3.05, 3.63) is 62.3 Å². The Morgan fingerprint density at radius 2 is 2.14 bits per heavy atom. The Bertz CT molecular complexity index is 744. The Balaban J connectivity index is 1.61. The predicted molar refractivity (Wildman–Crippen MR) is 85.1 cm³/mol. The minimum atomic E-state index is -0.259. The van der Waals surface area contributed by atoms with Crippen LogP contribution in [0.2, 0.25) is 0 Å². The third-order valence-electron chi connectivity index (χ3n) is 2.66. The molecule has 0 amide bonds. The Morgan fingerprint density at radius 1 is 1.24 bits per heavy atom. The van der Waals surface area contributed by atoms with E-state index in [-0.39, 0.29) is 5.82 Å². The highest BCUT2D eigenvalue weighted by Gasteiger charge is 2.09. The molecule has 0 saturated carbocycles. The van der Waals surface area contributed by atoms with Gasteiger partial charge in [0.25, 0.3) is 5.22 Å². The van der Waals surface area contributed by atoms with Crippen LogP contribution < -0.4 is 0 Å². The highest BCUT2D eigenvalue weighted by atomic mass is 79.9. The van der Waals surface area contributed by atoms with E-state index in [0.717, 1.165) is 15.1 Å². The average molecular weight is 385 g/mol. The van der Waals surface area contributed by atoms with E-state index in [1.165, 1.54) is 28.8 Å². The second-order valence-corrected chi connectivity index (χ2v) is 7.74. The number of halogens is 2. The molecule has 0 aliphatic rings. The normalized spacial score (nSPS) is 11.0. The van der Waals surface area contributed by atoms with Crippen molar-refractivity contribution in [3.63, 3.8) is 0 Å². The van der Waals surface area contributed by atoms with Gasteiger partial charge in [-0.05, 0) is 45.8 Å². The number of aromatic nitrogens is 2. The third-order valence-corrected chi connectivity index (χ3v) is 5.33. The van der Waals surface area contributed by atoms with Crippen molar-refractivity contribution >= 4 is 39.0 Å². The summed E-state index contributed by atoms with van der Waals surface area (Å²) in [5.74, 6) is 1.03. The van der Waals surface area contributed by atoms with Gasteiger partial charge in [-0.15, -0.1) is 21.5 Å². The van der Waals surface area contributed by atoms with Gasteiger partial charge in [-0.1, -0.05) is 23.9 Å². The maximum Gasteiger partial charge on any atom is 0.276 e. The molecule has 0 unspecified atom stereocenters. The van der Waals surface area contributed by atoms with Gasteiger partial charge in [0.1, 0.15) is 5.82 Å². The van der Waals surface area contributed by atoms with Crippen LogP contribution in [0.25, 0.3) is 0 Å². The van der Waals surface area contributed by atoms with Crippen molar-refractivity contribution in [2.45, 2.75) is 17.4 Å². The number of hydrogen-bond acceptors (Lipinski definition) is 5. The maximum atomic E-state index is 13.1. The van der Waals surface area contributed by atoms with Gasteiger partial charge in [-0.25, -0.2) is 4.39 Å². The van der Waals surface area contributed by atoms with E-state index in [1.54, 1.807) is 17.4 Å². The number of hydrogen-bond donors (Lipinski definition) is 0. The first-order valence-corrected chi connectivity index (χ1v) is 8.72. The molecule has 3 rings (SSSR count). The number of rotatable bonds is 5. The van der Waals surface area contributed by atoms with E-state index in [2.05, 4.69) is 32.2 Å². The van der Waals surface area contributed by atoms with Crippen LogP contribution in [0.5, 0.6) is 0 Å². The zero-order valence-electron chi connectivity index (χ0n) is 10.8. The Hall–Kier alpha value is -1.18. The molecular formula is C14H10BrFN2OS2. The topological polar surface area (TPSA) is 38.9 Å². The summed E-state index contributed by atoms with van der Waals surface area (Å²) < 4.78 is 19.8. The van der Waals surface area contributed by atoms with Crippen LogP contribution in [0.15, 0.2) is 49.8 Å². The van der Waals surface area contributed by atoms with Gasteiger partial charge in [0.05, 0.1) is 10.2 Å². The van der Waals surface area contributed by atoms with Crippen molar-refractivity contribution in [1.29, 1.82) is 0 Å². The van der Waals surface area contributed by atoms with E-state index >= 15 is 0 Å². The maximum absolute atomic E-state index is 13.1. The number of nitrogens with zero attached hydrogens (tertiary/aromatic N) is 2. The minimum Gasteiger partial charge on any atom is -0.416 e. The standard InChI is InChI=1S/C14H10BrFN2OS2/c15-12-5-4-11(21-12)8-20-14-18-17-13(19-14)7-9-2-1-3-10(16)6-9/h1-6H,7-8H2. The smallest absolute Gasteiger partial charge is 0.276 e. The van der Waals surface area contributed by atoms with Gasteiger partial charge in [-0.3, -0.25) is 0 Å². The molecule has 7 heteroatoms. The highest BCUT2D eigenvalue weighted by molar-refractivity contribution is 9.11. The molecular weight excluding hydrogens is 375 g/mol. The van der Waals surface area contributed by atoms with Crippen LogP contribution in [-0.4, -0.2) is 10.2 Å². The first-order valence-electron chi connectivity index (χ1n) is 6.13. The lowest BCUT2D eigenvalue weighted by Gasteiger charge is -1.96. The van der Waals surface area contributed by atoms with Gasteiger partial charge in [0.2, 0.25) is 5.89 Å². The van der Waals surface area contributed by atoms with Crippen molar-refractivity contribution < 1.29 is 8.81 Å². The third kappa shape index (κ3) is 4.15. The van der Waals surface area contributed by atoms with Crippen LogP contribution >= 0.6 is 39.0 Å². The van der Waals surface area contributed by atoms with Crippen LogP contribution in [0.4, 0.5) is 4.39 Å². The molecule has 3 nitrogen and oxygen atoms in total. The van der Waals surface area contributed by atoms with E-state index < -0.39 is 0 Å². The lowest BCUT2D eigenvalue weighted by atomic mass is 10.1. The molecule has 0 fully saturated rings. The second-order valence-electron chi connectivity index (χ2n) is 4.26. The fourth-order valence-corrected chi connectivity index (χ4v) is 4.06. The lowest BCUT2D eigenvalue weighted by Crippen LogP contribution is -1.89. The zero-order valence-corrected chi connectivity index (χ0v) is 14.0. The highest BCUT2D eigenvalue weighted by Crippen LogP contribution is 2.28. The van der Waals surface area contributed by atoms with Crippen molar-refractivity contribution in [2.24, 2.45) is 0 Å². The monoisotopic (exact) mass is 384 g/mol. The van der Waals surface area contributed by atoms with Gasteiger partial charge < -0.3 is 4.42 Å². The summed E-state index contributed by atoms with van der Waals surface area (Å²) in [6, 6.07) is 10.5. The van der Waals surface area contributed by atoms with Crippen LogP contribution in [0, 0.1) is 5.82 Å². The number of benzene rings is 1. The molecule has 0 atom stereocenters. The summed E-state index contributed by atoms with van der Waals surface area (Å²) >= 11 is 6.61. The largest absolute Gasteiger partial charge is 0.416 e. The van der Waals surface area contributed by atoms with Crippen LogP contribution in [0.3, 0.4) is 0 Å². The fraction of sp³-hybridized carbons (Fsp3) is 0.143. The molecule has 1 aromatic carbocycles. The molecule has 0 radical (unpaired) electrons. The van der Waals surface area contributed by atoms with Gasteiger partial charge in [0, 0.05) is 10.6 Å². The minimum absolute atomic E-state index is 0.259. The molecule has 2 aromatic heterocycles. The SMILES string of the molecule is Fc1cccc(Cc2nnc(SCc3ccc(Br)s3)o2)c1. The number of thiophene rings is 1. The molecule has 0 saturated heterocycles. The molecule has 2 heterocycles. The van der Waals surface area contributed by atoms with Crippen molar-refractivity contribution in [1.82, 2.24) is 10.2 Å². The van der Waals surface area contributed by atoms with Crippen molar-refractivity contribution in [2.75, 3.05) is 0 Å². The zero-order chi connectivity index (χ0) is 14.7. The summed E-state index contributed by atoms with van der Waals surface area (Å²) in [5, 5.41) is 8.53. The lowest BCUT2D eigenvalue weighted by molar-refractivity contribution is 0.420. The average Bonchev–Trinajstić information content (AvgIpc) is 3.06. The van der Waals surface area contributed by atoms with Gasteiger partial charge in [-0.2, -0.15) is 0 Å². The summed E-state index contributed by atoms with van der Waals surface area (Å²) in [6.07, 6.45) is 0.440. The molecule has 0 N–H and O–H groups in total. The quantitative estimate of drug-likeness (QED) is 0.585. The number of thioether (sulfide) groups is 1. The van der Waals surface area contributed by atoms with Gasteiger partial charge in [0.15, 0.2) is 0 Å². The van der Waals surface area contributed by atoms with Crippen LogP contribution in [-0.2, 0) is 12.2 Å². The molecule has 0 aliphatic carbocycles. The Labute approximate surface area is 137 Å². The fourth-order valence-electron chi connectivity index (χ4n) is 1.75. The molecule has 108 valence electrons. The second kappa shape index (κ2) is 6.72.